The minimum absolute atomic E-state index is 0.0742. The van der Waals surface area contributed by atoms with Gasteiger partial charge in [-0.25, -0.2) is 0 Å². The summed E-state index contributed by atoms with van der Waals surface area (Å²) in [6.45, 7) is 1.89. The molecule has 2 heterocycles. The summed E-state index contributed by atoms with van der Waals surface area (Å²) in [6, 6.07) is 2.40. The normalized spacial score (nSPS) is 14.2. The average Bonchev–Trinajstić information content (AvgIpc) is 3.03. The second kappa shape index (κ2) is 6.02. The van der Waals surface area contributed by atoms with E-state index in [4.69, 9.17) is 0 Å². The van der Waals surface area contributed by atoms with Gasteiger partial charge >= 0.3 is 0 Å². The minimum Gasteiger partial charge on any atom is -0.357 e. The molecule has 21 heavy (non-hydrogen) atoms. The Balaban J connectivity index is 1.48. The zero-order valence-electron chi connectivity index (χ0n) is 11.8. The minimum atomic E-state index is -0.0742. The molecule has 2 aromatic rings. The van der Waals surface area contributed by atoms with E-state index in [1.165, 1.54) is 35.9 Å². The van der Waals surface area contributed by atoms with Gasteiger partial charge in [0.25, 0.3) is 0 Å². The van der Waals surface area contributed by atoms with Crippen molar-refractivity contribution >= 4 is 40.0 Å². The van der Waals surface area contributed by atoms with Crippen LogP contribution in [0.1, 0.15) is 18.5 Å². The maximum atomic E-state index is 11.9. The van der Waals surface area contributed by atoms with Crippen LogP contribution in [-0.2, 0) is 11.8 Å². The van der Waals surface area contributed by atoms with Crippen LogP contribution in [0.3, 0.4) is 0 Å². The van der Waals surface area contributed by atoms with Crippen molar-refractivity contribution in [2.45, 2.75) is 30.1 Å². The number of hydrogen-bond acceptors (Lipinski definition) is 7. The molecule has 3 rings (SSSR count). The maximum absolute atomic E-state index is 11.9. The van der Waals surface area contributed by atoms with Crippen LogP contribution >= 0.6 is 23.1 Å². The molecule has 112 valence electrons. The van der Waals surface area contributed by atoms with Crippen LogP contribution in [0.5, 0.6) is 0 Å². The third kappa shape index (κ3) is 3.94. The van der Waals surface area contributed by atoms with Crippen LogP contribution in [0.4, 0.5) is 10.9 Å². The van der Waals surface area contributed by atoms with E-state index in [9.17, 15) is 4.79 Å². The zero-order chi connectivity index (χ0) is 14.8. The number of aryl methyl sites for hydroxylation is 2. The molecule has 0 radical (unpaired) electrons. The molecular formula is C12H16N6OS2. The lowest BCUT2D eigenvalue weighted by molar-refractivity contribution is -0.113. The van der Waals surface area contributed by atoms with Gasteiger partial charge in [-0.05, 0) is 19.8 Å². The fourth-order valence-electron chi connectivity index (χ4n) is 1.76. The number of nitrogens with zero attached hydrogens (tertiary/aromatic N) is 4. The molecule has 0 atom stereocenters. The highest BCUT2D eigenvalue weighted by molar-refractivity contribution is 8.01. The van der Waals surface area contributed by atoms with E-state index in [0.717, 1.165) is 15.2 Å². The fraction of sp³-hybridized carbons (Fsp3) is 0.500. The molecule has 1 aliphatic carbocycles. The summed E-state index contributed by atoms with van der Waals surface area (Å²) in [7, 11) is 1.80. The van der Waals surface area contributed by atoms with Crippen LogP contribution in [0.2, 0.25) is 0 Å². The Hall–Kier alpha value is -1.61. The van der Waals surface area contributed by atoms with Gasteiger partial charge in [-0.2, -0.15) is 5.10 Å². The van der Waals surface area contributed by atoms with Crippen molar-refractivity contribution in [1.29, 1.82) is 0 Å². The highest BCUT2D eigenvalue weighted by Crippen LogP contribution is 2.30. The molecule has 0 aromatic carbocycles. The summed E-state index contributed by atoms with van der Waals surface area (Å²) in [5.41, 5.74) is 0.875. The summed E-state index contributed by atoms with van der Waals surface area (Å²) in [4.78, 5) is 11.9. The number of rotatable bonds is 6. The number of amides is 1. The molecule has 0 unspecified atom stereocenters. The van der Waals surface area contributed by atoms with Gasteiger partial charge in [-0.15, -0.1) is 10.2 Å². The third-order valence-corrected chi connectivity index (χ3v) is 4.90. The van der Waals surface area contributed by atoms with Crippen LogP contribution in [0, 0.1) is 6.92 Å². The number of nitrogens with one attached hydrogen (secondary N) is 2. The van der Waals surface area contributed by atoms with Gasteiger partial charge < -0.3 is 10.6 Å². The van der Waals surface area contributed by atoms with E-state index >= 15 is 0 Å². The van der Waals surface area contributed by atoms with Crippen molar-refractivity contribution in [2.24, 2.45) is 7.05 Å². The van der Waals surface area contributed by atoms with Crippen LogP contribution in [-0.4, -0.2) is 37.7 Å². The van der Waals surface area contributed by atoms with Gasteiger partial charge in [0.1, 0.15) is 5.82 Å². The molecule has 0 aliphatic heterocycles. The van der Waals surface area contributed by atoms with Gasteiger partial charge in [-0.1, -0.05) is 23.1 Å². The monoisotopic (exact) mass is 324 g/mol. The topological polar surface area (TPSA) is 84.7 Å². The largest absolute Gasteiger partial charge is 0.357 e. The molecule has 1 amide bonds. The molecule has 1 aliphatic rings. The first-order valence-corrected chi connectivity index (χ1v) is 8.43. The molecule has 0 saturated heterocycles. The lowest BCUT2D eigenvalue weighted by Gasteiger charge is -2.03. The Morgan fingerprint density at radius 1 is 1.52 bits per heavy atom. The Morgan fingerprint density at radius 3 is 3.00 bits per heavy atom. The summed E-state index contributed by atoms with van der Waals surface area (Å²) >= 11 is 2.88. The molecular weight excluding hydrogens is 308 g/mol. The van der Waals surface area contributed by atoms with Crippen LogP contribution in [0.25, 0.3) is 0 Å². The van der Waals surface area contributed by atoms with Gasteiger partial charge in [0, 0.05) is 19.2 Å². The predicted molar refractivity (Wildman–Crippen MR) is 83.9 cm³/mol. The maximum Gasteiger partial charge on any atom is 0.235 e. The van der Waals surface area contributed by atoms with E-state index in [1.54, 1.807) is 11.7 Å². The van der Waals surface area contributed by atoms with Gasteiger partial charge in [0.2, 0.25) is 11.0 Å². The van der Waals surface area contributed by atoms with Crippen molar-refractivity contribution in [2.75, 3.05) is 16.4 Å². The lowest BCUT2D eigenvalue weighted by atomic mass is 10.4. The first-order chi connectivity index (χ1) is 10.1. The molecule has 2 N–H and O–H groups in total. The van der Waals surface area contributed by atoms with Crippen molar-refractivity contribution in [3.05, 3.63) is 11.8 Å². The van der Waals surface area contributed by atoms with Crippen LogP contribution < -0.4 is 10.6 Å². The SMILES string of the molecule is Cc1cc(NC(=O)CSc2nnc(NC3CC3)s2)n(C)n1. The molecule has 1 fully saturated rings. The number of carbonyl (C=O) groups excluding carboxylic acids is 1. The van der Waals surface area contributed by atoms with Crippen molar-refractivity contribution < 1.29 is 4.79 Å². The molecule has 0 bridgehead atoms. The Kier molecular flexibility index (Phi) is 4.11. The predicted octanol–water partition coefficient (Wildman–Crippen LogP) is 1.89. The quantitative estimate of drug-likeness (QED) is 0.789. The molecule has 1 saturated carbocycles. The molecule has 7 nitrogen and oxygen atoms in total. The van der Waals surface area contributed by atoms with E-state index in [-0.39, 0.29) is 5.91 Å². The number of anilines is 2. The Morgan fingerprint density at radius 2 is 2.33 bits per heavy atom. The van der Waals surface area contributed by atoms with Crippen LogP contribution in [0.15, 0.2) is 10.4 Å². The van der Waals surface area contributed by atoms with Gasteiger partial charge in [0.15, 0.2) is 4.34 Å². The zero-order valence-corrected chi connectivity index (χ0v) is 13.4. The summed E-state index contributed by atoms with van der Waals surface area (Å²) in [6.07, 6.45) is 2.41. The van der Waals surface area contributed by atoms with Crippen molar-refractivity contribution in [3.63, 3.8) is 0 Å². The number of carbonyl (C=O) groups is 1. The van der Waals surface area contributed by atoms with Crippen molar-refractivity contribution in [3.8, 4) is 0 Å². The highest BCUT2D eigenvalue weighted by atomic mass is 32.2. The number of thioether (sulfide) groups is 1. The van der Waals surface area contributed by atoms with Gasteiger partial charge in [-0.3, -0.25) is 9.48 Å². The van der Waals surface area contributed by atoms with E-state index in [2.05, 4.69) is 25.9 Å². The second-order valence-corrected chi connectivity index (χ2v) is 7.12. The molecule has 2 aromatic heterocycles. The molecule has 0 spiro atoms. The summed E-state index contributed by atoms with van der Waals surface area (Å²) < 4.78 is 2.45. The number of hydrogen-bond donors (Lipinski definition) is 2. The summed E-state index contributed by atoms with van der Waals surface area (Å²) in [5.74, 6) is 0.934. The van der Waals surface area contributed by atoms with Crippen molar-refractivity contribution in [1.82, 2.24) is 20.0 Å². The Bertz CT molecular complexity index is 648. The number of aromatic nitrogens is 4. The highest BCUT2D eigenvalue weighted by Gasteiger charge is 2.22. The first kappa shape index (κ1) is 14.3. The Labute approximate surface area is 130 Å². The smallest absolute Gasteiger partial charge is 0.235 e. The fourth-order valence-corrected chi connectivity index (χ4v) is 3.39. The lowest BCUT2D eigenvalue weighted by Crippen LogP contribution is -2.16. The standard InChI is InChI=1S/C12H16N6OS2/c1-7-5-9(18(2)17-7)14-10(19)6-20-12-16-15-11(21-12)13-8-3-4-8/h5,8H,3-4,6H2,1-2H3,(H,13,15)(H,14,19). The average molecular weight is 324 g/mol. The molecule has 9 heteroatoms. The van der Waals surface area contributed by atoms with Gasteiger partial charge in [0.05, 0.1) is 11.4 Å². The second-order valence-electron chi connectivity index (χ2n) is 4.92. The van der Waals surface area contributed by atoms with E-state index < -0.39 is 0 Å². The summed E-state index contributed by atoms with van der Waals surface area (Å²) in [5, 5.41) is 19.3. The van der Waals surface area contributed by atoms with E-state index in [1.807, 2.05) is 13.0 Å². The van der Waals surface area contributed by atoms with E-state index in [0.29, 0.717) is 17.6 Å². The first-order valence-electron chi connectivity index (χ1n) is 6.63. The third-order valence-electron chi connectivity index (χ3n) is 2.91.